The number of anilines is 1. The highest BCUT2D eigenvalue weighted by Crippen LogP contribution is 2.31. The number of nitrogens with one attached hydrogen (secondary N) is 1. The average Bonchev–Trinajstić information content (AvgIpc) is 2.39. The maximum absolute atomic E-state index is 12.7. The molecular formula is C11H7F3N4O. The van der Waals surface area contributed by atoms with E-state index < -0.39 is 23.3 Å². The number of pyridine rings is 1. The summed E-state index contributed by atoms with van der Waals surface area (Å²) in [6.07, 6.45) is 0.356. The van der Waals surface area contributed by atoms with E-state index in [4.69, 9.17) is 0 Å². The largest absolute Gasteiger partial charge is 0.418 e. The van der Waals surface area contributed by atoms with Crippen LogP contribution in [0.5, 0.6) is 0 Å². The minimum Gasteiger partial charge on any atom is -0.304 e. The van der Waals surface area contributed by atoms with Gasteiger partial charge >= 0.3 is 6.18 Å². The molecule has 19 heavy (non-hydrogen) atoms. The third-order valence-corrected chi connectivity index (χ3v) is 2.13. The van der Waals surface area contributed by atoms with E-state index >= 15 is 0 Å². The Balaban J connectivity index is 2.30. The summed E-state index contributed by atoms with van der Waals surface area (Å²) in [5.41, 5.74) is -1.81. The van der Waals surface area contributed by atoms with Gasteiger partial charge in [0, 0.05) is 18.6 Å². The first kappa shape index (κ1) is 12.9. The summed E-state index contributed by atoms with van der Waals surface area (Å²) < 4.78 is 38.1. The summed E-state index contributed by atoms with van der Waals surface area (Å²) in [5, 5.41) is 2.20. The third kappa shape index (κ3) is 3.03. The molecule has 0 fully saturated rings. The number of alkyl halides is 3. The van der Waals surface area contributed by atoms with Crippen LogP contribution >= 0.6 is 0 Å². The van der Waals surface area contributed by atoms with E-state index in [1.54, 1.807) is 0 Å². The SMILES string of the molecule is O=C(Nc1cnccn1)c1ncccc1C(F)(F)F. The molecule has 0 aliphatic heterocycles. The normalized spacial score (nSPS) is 11.1. The summed E-state index contributed by atoms with van der Waals surface area (Å²) in [4.78, 5) is 22.6. The Morgan fingerprint density at radius 2 is 1.95 bits per heavy atom. The van der Waals surface area contributed by atoms with Crippen molar-refractivity contribution in [1.29, 1.82) is 0 Å². The molecule has 8 heteroatoms. The van der Waals surface area contributed by atoms with Gasteiger partial charge in [0.2, 0.25) is 0 Å². The fourth-order valence-electron chi connectivity index (χ4n) is 1.35. The molecule has 0 saturated heterocycles. The summed E-state index contributed by atoms with van der Waals surface area (Å²) in [6.45, 7) is 0. The van der Waals surface area contributed by atoms with Crippen molar-refractivity contribution >= 4 is 11.7 Å². The Labute approximate surface area is 105 Å². The molecular weight excluding hydrogens is 261 g/mol. The first-order valence-electron chi connectivity index (χ1n) is 5.08. The monoisotopic (exact) mass is 268 g/mol. The van der Waals surface area contributed by atoms with Gasteiger partial charge in [-0.3, -0.25) is 14.8 Å². The summed E-state index contributed by atoms with van der Waals surface area (Å²) >= 11 is 0. The van der Waals surface area contributed by atoms with Gasteiger partial charge < -0.3 is 5.32 Å². The standard InChI is InChI=1S/C11H7F3N4O/c12-11(13,14)7-2-1-3-17-9(7)10(19)18-8-6-15-4-5-16-8/h1-6H,(H,16,18,19). The second-order valence-electron chi connectivity index (χ2n) is 3.44. The number of amides is 1. The van der Waals surface area contributed by atoms with E-state index in [1.807, 2.05) is 0 Å². The zero-order chi connectivity index (χ0) is 13.9. The maximum Gasteiger partial charge on any atom is 0.418 e. The zero-order valence-corrected chi connectivity index (χ0v) is 9.35. The number of carbonyl (C=O) groups excluding carboxylic acids is 1. The Hall–Kier alpha value is -2.51. The maximum atomic E-state index is 12.7. The minimum atomic E-state index is -4.65. The molecule has 2 heterocycles. The van der Waals surface area contributed by atoms with Crippen molar-refractivity contribution in [2.45, 2.75) is 6.18 Å². The highest BCUT2D eigenvalue weighted by atomic mass is 19.4. The van der Waals surface area contributed by atoms with Gasteiger partial charge in [-0.15, -0.1) is 0 Å². The number of nitrogens with zero attached hydrogens (tertiary/aromatic N) is 3. The van der Waals surface area contributed by atoms with Gasteiger partial charge in [0.1, 0.15) is 5.69 Å². The number of hydrogen-bond donors (Lipinski definition) is 1. The topological polar surface area (TPSA) is 67.8 Å². The Morgan fingerprint density at radius 1 is 1.16 bits per heavy atom. The van der Waals surface area contributed by atoms with Crippen molar-refractivity contribution in [3.63, 3.8) is 0 Å². The second kappa shape index (κ2) is 5.01. The van der Waals surface area contributed by atoms with Crippen LogP contribution in [0.3, 0.4) is 0 Å². The predicted molar refractivity (Wildman–Crippen MR) is 59.2 cm³/mol. The van der Waals surface area contributed by atoms with Crippen LogP contribution in [-0.2, 0) is 6.18 Å². The smallest absolute Gasteiger partial charge is 0.304 e. The molecule has 5 nitrogen and oxygen atoms in total. The van der Waals surface area contributed by atoms with Gasteiger partial charge in [-0.1, -0.05) is 0 Å². The van der Waals surface area contributed by atoms with Crippen LogP contribution in [0, 0.1) is 0 Å². The molecule has 0 atom stereocenters. The lowest BCUT2D eigenvalue weighted by atomic mass is 10.2. The first-order chi connectivity index (χ1) is 8.98. The van der Waals surface area contributed by atoms with E-state index in [1.165, 1.54) is 18.6 Å². The summed E-state index contributed by atoms with van der Waals surface area (Å²) in [6, 6.07) is 1.90. The highest BCUT2D eigenvalue weighted by molar-refractivity contribution is 6.03. The molecule has 0 bridgehead atoms. The van der Waals surface area contributed by atoms with Crippen molar-refractivity contribution in [2.24, 2.45) is 0 Å². The van der Waals surface area contributed by atoms with Crippen LogP contribution in [0.15, 0.2) is 36.9 Å². The molecule has 0 saturated carbocycles. The van der Waals surface area contributed by atoms with Gasteiger partial charge in [-0.2, -0.15) is 13.2 Å². The van der Waals surface area contributed by atoms with Gasteiger partial charge in [-0.25, -0.2) is 4.98 Å². The van der Waals surface area contributed by atoms with Crippen molar-refractivity contribution < 1.29 is 18.0 Å². The van der Waals surface area contributed by atoms with E-state index in [-0.39, 0.29) is 5.82 Å². The van der Waals surface area contributed by atoms with Crippen LogP contribution < -0.4 is 5.32 Å². The van der Waals surface area contributed by atoms with Crippen LogP contribution in [0.4, 0.5) is 19.0 Å². The molecule has 98 valence electrons. The molecule has 0 aliphatic rings. The molecule has 1 amide bonds. The van der Waals surface area contributed by atoms with Crippen molar-refractivity contribution in [3.05, 3.63) is 48.2 Å². The molecule has 2 aromatic heterocycles. The lowest BCUT2D eigenvalue weighted by Crippen LogP contribution is -2.20. The number of aromatic nitrogens is 3. The molecule has 2 aromatic rings. The molecule has 2 rings (SSSR count). The quantitative estimate of drug-likeness (QED) is 0.906. The van der Waals surface area contributed by atoms with Gasteiger partial charge in [0.25, 0.3) is 5.91 Å². The van der Waals surface area contributed by atoms with Crippen molar-refractivity contribution in [1.82, 2.24) is 15.0 Å². The van der Waals surface area contributed by atoms with Crippen LogP contribution in [0.25, 0.3) is 0 Å². The molecule has 0 unspecified atom stereocenters. The zero-order valence-electron chi connectivity index (χ0n) is 9.35. The van der Waals surface area contributed by atoms with Crippen molar-refractivity contribution in [2.75, 3.05) is 5.32 Å². The Kier molecular flexibility index (Phi) is 3.41. The van der Waals surface area contributed by atoms with E-state index in [9.17, 15) is 18.0 Å². The Morgan fingerprint density at radius 3 is 2.58 bits per heavy atom. The number of halogens is 3. The van der Waals surface area contributed by atoms with Gasteiger partial charge in [0.15, 0.2) is 5.82 Å². The number of hydrogen-bond acceptors (Lipinski definition) is 4. The number of rotatable bonds is 2. The molecule has 1 N–H and O–H groups in total. The molecule has 0 spiro atoms. The lowest BCUT2D eigenvalue weighted by Gasteiger charge is -2.10. The minimum absolute atomic E-state index is 0.0475. The van der Waals surface area contributed by atoms with Gasteiger partial charge in [-0.05, 0) is 12.1 Å². The first-order valence-corrected chi connectivity index (χ1v) is 5.08. The molecule has 0 radical (unpaired) electrons. The van der Waals surface area contributed by atoms with E-state index in [0.717, 1.165) is 18.3 Å². The van der Waals surface area contributed by atoms with Crippen LogP contribution in [-0.4, -0.2) is 20.9 Å². The molecule has 0 aliphatic carbocycles. The molecule has 0 aromatic carbocycles. The number of carbonyl (C=O) groups is 1. The average molecular weight is 268 g/mol. The third-order valence-electron chi connectivity index (χ3n) is 2.13. The fourth-order valence-corrected chi connectivity index (χ4v) is 1.35. The van der Waals surface area contributed by atoms with E-state index in [2.05, 4.69) is 20.3 Å². The van der Waals surface area contributed by atoms with Crippen LogP contribution in [0.1, 0.15) is 16.1 Å². The summed E-state index contributed by atoms with van der Waals surface area (Å²) in [5.74, 6) is -0.945. The van der Waals surface area contributed by atoms with Crippen LogP contribution in [0.2, 0.25) is 0 Å². The van der Waals surface area contributed by atoms with Crippen molar-refractivity contribution in [3.8, 4) is 0 Å². The summed E-state index contributed by atoms with van der Waals surface area (Å²) in [7, 11) is 0. The lowest BCUT2D eigenvalue weighted by molar-refractivity contribution is -0.138. The Bertz CT molecular complexity index is 586. The predicted octanol–water partition coefficient (Wildman–Crippen LogP) is 2.14. The highest BCUT2D eigenvalue weighted by Gasteiger charge is 2.35. The van der Waals surface area contributed by atoms with E-state index in [0.29, 0.717) is 0 Å². The fraction of sp³-hybridized carbons (Fsp3) is 0.0909. The second-order valence-corrected chi connectivity index (χ2v) is 3.44. The van der Waals surface area contributed by atoms with Gasteiger partial charge in [0.05, 0.1) is 11.8 Å².